The molecule has 0 amide bonds. The van der Waals surface area contributed by atoms with Gasteiger partial charge in [-0.15, -0.1) is 12.4 Å². The summed E-state index contributed by atoms with van der Waals surface area (Å²) in [7, 11) is 0. The van der Waals surface area contributed by atoms with E-state index in [4.69, 9.17) is 0 Å². The Balaban J connectivity index is 0. The topological polar surface area (TPSA) is 0 Å². The average Bonchev–Trinajstić information content (AvgIpc) is 1.72. The first-order chi connectivity index (χ1) is 3.00. The predicted molar refractivity (Wildman–Crippen MR) is 45.0 cm³/mol. The van der Waals surface area contributed by atoms with Gasteiger partial charge in [-0.3, -0.25) is 0 Å². The van der Waals surface area contributed by atoms with Crippen molar-refractivity contribution < 1.29 is 0 Å². The molecule has 1 rings (SSSR count). The molecule has 0 spiro atoms. The zero-order valence-corrected chi connectivity index (χ0v) is 4.69. The maximum atomic E-state index is 2.00. The molecule has 0 aliphatic rings. The number of halogens is 1. The van der Waals surface area contributed by atoms with Gasteiger partial charge in [0.25, 0.3) is 0 Å². The second-order valence-electron chi connectivity index (χ2n) is 1.15. The van der Waals surface area contributed by atoms with Gasteiger partial charge in [-0.1, -0.05) is 0 Å². The van der Waals surface area contributed by atoms with Gasteiger partial charge < -0.3 is 0 Å². The third-order valence-electron chi connectivity index (χ3n) is 0.667. The van der Waals surface area contributed by atoms with Gasteiger partial charge in [0.05, 0.1) is 0 Å². The van der Waals surface area contributed by atoms with Gasteiger partial charge in [-0.2, -0.15) is 0 Å². The van der Waals surface area contributed by atoms with Gasteiger partial charge in [0.1, 0.15) is 0 Å². The molecule has 42 valence electrons. The summed E-state index contributed by atoms with van der Waals surface area (Å²) in [5.41, 5.74) is 0. The van der Waals surface area contributed by atoms with Crippen LogP contribution in [0.4, 0.5) is 0 Å². The summed E-state index contributed by atoms with van der Waals surface area (Å²) in [5.74, 6) is 4.00. The van der Waals surface area contributed by atoms with Crippen LogP contribution in [0.5, 0.6) is 0 Å². The molecular formula is C5H9AlBCl. The normalized spacial score (nSPS) is 5.50. The van der Waals surface area contributed by atoms with E-state index >= 15 is 0 Å². The number of rotatable bonds is 0. The van der Waals surface area contributed by atoms with E-state index in [0.29, 0.717) is 0 Å². The van der Waals surface area contributed by atoms with Gasteiger partial charge in [-0.25, -0.2) is 0 Å². The fraction of sp³-hybridized carbons (Fsp3) is 0. The van der Waals surface area contributed by atoms with Crippen LogP contribution in [-0.2, 0) is 0 Å². The van der Waals surface area contributed by atoms with Crippen LogP contribution in [0, 0.1) is 0 Å². The van der Waals surface area contributed by atoms with E-state index < -0.39 is 0 Å². The van der Waals surface area contributed by atoms with Gasteiger partial charge in [0.15, 0.2) is 17.4 Å². The summed E-state index contributed by atoms with van der Waals surface area (Å²) in [5, 5.41) is 0. The van der Waals surface area contributed by atoms with Crippen molar-refractivity contribution in [3.63, 3.8) is 0 Å². The van der Waals surface area contributed by atoms with Crippen molar-refractivity contribution in [3.8, 4) is 0 Å². The maximum absolute atomic E-state index is 2.00. The second-order valence-corrected chi connectivity index (χ2v) is 1.15. The zero-order valence-electron chi connectivity index (χ0n) is 3.87. The first kappa shape index (κ1) is 11.1. The SMILES string of the molecule is Cl.[AlH3].b1ccccc1. The van der Waals surface area contributed by atoms with E-state index in [1.54, 1.807) is 0 Å². The van der Waals surface area contributed by atoms with Crippen molar-refractivity contribution in [2.24, 2.45) is 0 Å². The number of hydrogen-bond donors (Lipinski definition) is 0. The zero-order chi connectivity index (χ0) is 4.24. The minimum absolute atomic E-state index is 0. The molecular weight excluding hydrogens is 133 g/mol. The molecule has 0 nitrogen and oxygen atoms in total. The fourth-order valence-electron chi connectivity index (χ4n) is 0.385. The average molecular weight is 142 g/mol. The number of hydrogen-bond acceptors (Lipinski definition) is 0. The minimum atomic E-state index is 0. The molecule has 3 heteroatoms. The Hall–Kier alpha value is 0.237. The van der Waals surface area contributed by atoms with E-state index in [1.807, 2.05) is 37.0 Å². The van der Waals surface area contributed by atoms with E-state index in [-0.39, 0.29) is 29.8 Å². The fourth-order valence-corrected chi connectivity index (χ4v) is 0.385. The van der Waals surface area contributed by atoms with Crippen LogP contribution >= 0.6 is 12.4 Å². The summed E-state index contributed by atoms with van der Waals surface area (Å²) >= 11 is 0. The predicted octanol–water partition coefficient (Wildman–Crippen LogP) is 0.263. The summed E-state index contributed by atoms with van der Waals surface area (Å²) in [6.45, 7) is 2.00. The third-order valence-corrected chi connectivity index (χ3v) is 0.667. The van der Waals surface area contributed by atoms with Crippen LogP contribution < -0.4 is 0 Å². The summed E-state index contributed by atoms with van der Waals surface area (Å²) in [6, 6.07) is 6.00. The quantitative estimate of drug-likeness (QED) is 0.456. The van der Waals surface area contributed by atoms with E-state index in [0.717, 1.165) is 0 Å². The van der Waals surface area contributed by atoms with Crippen LogP contribution in [0.25, 0.3) is 0 Å². The van der Waals surface area contributed by atoms with Crippen LogP contribution in [0.3, 0.4) is 0 Å². The Kier molecular flexibility index (Phi) is 10.0. The molecule has 0 atom stereocenters. The molecule has 0 saturated carbocycles. The van der Waals surface area contributed by atoms with Crippen molar-refractivity contribution in [3.05, 3.63) is 30.1 Å². The summed E-state index contributed by atoms with van der Waals surface area (Å²) in [6.07, 6.45) is 0. The van der Waals surface area contributed by atoms with Crippen LogP contribution in [0.15, 0.2) is 30.1 Å². The van der Waals surface area contributed by atoms with E-state index in [1.165, 1.54) is 0 Å². The molecule has 0 N–H and O–H groups in total. The van der Waals surface area contributed by atoms with E-state index in [2.05, 4.69) is 0 Å². The Morgan fingerprint density at radius 2 is 1.38 bits per heavy atom. The monoisotopic (exact) mass is 142 g/mol. The van der Waals surface area contributed by atoms with Crippen molar-refractivity contribution >= 4 is 36.7 Å². The molecule has 0 fully saturated rings. The van der Waals surface area contributed by atoms with Crippen molar-refractivity contribution in [2.45, 2.75) is 0 Å². The molecule has 0 aliphatic carbocycles. The molecule has 0 aromatic carbocycles. The van der Waals surface area contributed by atoms with Crippen molar-refractivity contribution in [1.29, 1.82) is 0 Å². The molecule has 1 aromatic rings. The van der Waals surface area contributed by atoms with Crippen molar-refractivity contribution in [1.82, 2.24) is 0 Å². The summed E-state index contributed by atoms with van der Waals surface area (Å²) in [4.78, 5) is 0. The molecule has 0 unspecified atom stereocenters. The van der Waals surface area contributed by atoms with E-state index in [9.17, 15) is 0 Å². The first-order valence-electron chi connectivity index (χ1n) is 2.00. The van der Waals surface area contributed by atoms with Crippen molar-refractivity contribution in [2.75, 3.05) is 0 Å². The first-order valence-corrected chi connectivity index (χ1v) is 2.00. The van der Waals surface area contributed by atoms with Gasteiger partial charge in [0, 0.05) is 0 Å². The molecule has 1 heterocycles. The standard InChI is InChI=1S/C5H5B.Al.ClH.3H/c1-2-4-6-5-3-1;;;;;/h1-5H;;1H;;;. The van der Waals surface area contributed by atoms with Crippen LogP contribution in [0.2, 0.25) is 0 Å². The second kappa shape index (κ2) is 7.24. The van der Waals surface area contributed by atoms with Crippen LogP contribution in [0.1, 0.15) is 0 Å². The molecule has 0 saturated heterocycles. The molecule has 0 bridgehead atoms. The molecule has 1 aromatic heterocycles. The van der Waals surface area contributed by atoms with Gasteiger partial charge >= 0.3 is 37.0 Å². The Bertz CT molecular complexity index is 84.4. The molecule has 8 heavy (non-hydrogen) atoms. The molecule has 0 aliphatic heterocycles. The Morgan fingerprint density at radius 3 is 1.50 bits per heavy atom. The van der Waals surface area contributed by atoms with Gasteiger partial charge in [0.2, 0.25) is 0 Å². The Labute approximate surface area is 67.1 Å². The Morgan fingerprint density at radius 1 is 0.875 bits per heavy atom. The summed E-state index contributed by atoms with van der Waals surface area (Å²) < 4.78 is 0. The van der Waals surface area contributed by atoms with Crippen LogP contribution in [-0.4, -0.2) is 24.3 Å². The molecule has 0 radical (unpaired) electrons. The third kappa shape index (κ3) is 4.40. The van der Waals surface area contributed by atoms with Gasteiger partial charge in [-0.05, 0) is 0 Å².